The molecular weight excluding hydrogens is 379 g/mol. The first-order chi connectivity index (χ1) is 14.9. The molecule has 4 aromatic carbocycles. The van der Waals surface area contributed by atoms with Crippen LogP contribution in [0.25, 0.3) is 33.0 Å². The first-order valence-corrected chi connectivity index (χ1v) is 10.9. The normalized spacial score (nSPS) is 17.2. The Morgan fingerprint density at radius 1 is 0.581 bits per heavy atom. The molecule has 1 aliphatic heterocycles. The van der Waals surface area contributed by atoms with Crippen molar-refractivity contribution in [1.29, 1.82) is 0 Å². The SMILES string of the molecule is CC1(C)OB(c2cc(-c3ccccc3)c(-c3ccccc3)c3ccccc23)OC1(C)C. The van der Waals surface area contributed by atoms with Crippen molar-refractivity contribution >= 4 is 23.4 Å². The third kappa shape index (κ3) is 3.38. The summed E-state index contributed by atoms with van der Waals surface area (Å²) in [7, 11) is -0.415. The van der Waals surface area contributed by atoms with E-state index in [2.05, 4.69) is 119 Å². The summed E-state index contributed by atoms with van der Waals surface area (Å²) in [6.07, 6.45) is 0. The van der Waals surface area contributed by atoms with Gasteiger partial charge < -0.3 is 9.31 Å². The molecule has 4 aromatic rings. The van der Waals surface area contributed by atoms with Crippen molar-refractivity contribution in [1.82, 2.24) is 0 Å². The van der Waals surface area contributed by atoms with Crippen molar-refractivity contribution in [2.75, 3.05) is 0 Å². The summed E-state index contributed by atoms with van der Waals surface area (Å²) < 4.78 is 12.9. The van der Waals surface area contributed by atoms with Crippen molar-refractivity contribution in [2.45, 2.75) is 38.9 Å². The van der Waals surface area contributed by atoms with E-state index in [0.717, 1.165) is 5.46 Å². The van der Waals surface area contributed by atoms with Gasteiger partial charge in [0.05, 0.1) is 11.2 Å². The van der Waals surface area contributed by atoms with Gasteiger partial charge in [0.2, 0.25) is 0 Å². The van der Waals surface area contributed by atoms with E-state index in [9.17, 15) is 0 Å². The Labute approximate surface area is 185 Å². The molecule has 3 heteroatoms. The van der Waals surface area contributed by atoms with E-state index in [1.54, 1.807) is 0 Å². The molecule has 0 radical (unpaired) electrons. The zero-order valence-electron chi connectivity index (χ0n) is 18.6. The first-order valence-electron chi connectivity index (χ1n) is 10.9. The predicted molar refractivity (Wildman–Crippen MR) is 131 cm³/mol. The van der Waals surface area contributed by atoms with Crippen LogP contribution in [0.15, 0.2) is 91.0 Å². The van der Waals surface area contributed by atoms with Gasteiger partial charge in [0, 0.05) is 0 Å². The van der Waals surface area contributed by atoms with Crippen molar-refractivity contribution in [2.24, 2.45) is 0 Å². The highest BCUT2D eigenvalue weighted by Gasteiger charge is 2.52. The van der Waals surface area contributed by atoms with Crippen LogP contribution in [-0.4, -0.2) is 18.3 Å². The van der Waals surface area contributed by atoms with Crippen molar-refractivity contribution in [3.8, 4) is 22.3 Å². The second-order valence-electron chi connectivity index (χ2n) is 9.25. The van der Waals surface area contributed by atoms with Crippen LogP contribution in [0.5, 0.6) is 0 Å². The number of hydrogen-bond donors (Lipinski definition) is 0. The molecule has 1 heterocycles. The standard InChI is InChI=1S/C28H27BO2/c1-27(2)28(3,4)31-29(30-27)25-19-24(20-13-7-5-8-14-20)26(21-15-9-6-10-16-21)23-18-12-11-17-22(23)25/h5-19H,1-4H3. The maximum absolute atomic E-state index is 6.47. The Morgan fingerprint density at radius 3 is 1.65 bits per heavy atom. The zero-order valence-corrected chi connectivity index (χ0v) is 18.6. The summed E-state index contributed by atoms with van der Waals surface area (Å²) in [5, 5.41) is 2.37. The third-order valence-corrected chi connectivity index (χ3v) is 6.73. The summed E-state index contributed by atoms with van der Waals surface area (Å²) in [6, 6.07) is 32.1. The summed E-state index contributed by atoms with van der Waals surface area (Å²) in [4.78, 5) is 0. The molecule has 1 saturated heterocycles. The molecule has 0 aliphatic carbocycles. The third-order valence-electron chi connectivity index (χ3n) is 6.73. The summed E-state index contributed by atoms with van der Waals surface area (Å²) >= 11 is 0. The summed E-state index contributed by atoms with van der Waals surface area (Å²) in [5.74, 6) is 0. The van der Waals surface area contributed by atoms with E-state index in [0.29, 0.717) is 0 Å². The average Bonchev–Trinajstić information content (AvgIpc) is 3.00. The first kappa shape index (κ1) is 20.1. The lowest BCUT2D eigenvalue weighted by molar-refractivity contribution is 0.00578. The average molecular weight is 406 g/mol. The van der Waals surface area contributed by atoms with Gasteiger partial charge >= 0.3 is 7.12 Å². The van der Waals surface area contributed by atoms with Crippen molar-refractivity contribution in [3.63, 3.8) is 0 Å². The molecule has 0 atom stereocenters. The maximum Gasteiger partial charge on any atom is 0.495 e. The molecule has 0 unspecified atom stereocenters. The van der Waals surface area contributed by atoms with Crippen LogP contribution in [0, 0.1) is 0 Å². The number of fused-ring (bicyclic) bond motifs is 1. The van der Waals surface area contributed by atoms with Crippen LogP contribution in [0.1, 0.15) is 27.7 Å². The van der Waals surface area contributed by atoms with E-state index in [-0.39, 0.29) is 11.2 Å². The van der Waals surface area contributed by atoms with Crippen LogP contribution in [-0.2, 0) is 9.31 Å². The van der Waals surface area contributed by atoms with Gasteiger partial charge in [0.1, 0.15) is 0 Å². The molecule has 1 fully saturated rings. The Morgan fingerprint density at radius 2 is 1.06 bits per heavy atom. The van der Waals surface area contributed by atoms with Gasteiger partial charge in [-0.3, -0.25) is 0 Å². The van der Waals surface area contributed by atoms with Gasteiger partial charge in [-0.2, -0.15) is 0 Å². The number of rotatable bonds is 3. The predicted octanol–water partition coefficient (Wildman–Crippen LogP) is 6.47. The minimum absolute atomic E-state index is 0.385. The molecule has 0 aromatic heterocycles. The number of hydrogen-bond acceptors (Lipinski definition) is 2. The monoisotopic (exact) mass is 406 g/mol. The highest BCUT2D eigenvalue weighted by molar-refractivity contribution is 6.65. The van der Waals surface area contributed by atoms with E-state index in [4.69, 9.17) is 9.31 Å². The minimum atomic E-state index is -0.415. The molecule has 0 N–H and O–H groups in total. The molecule has 1 aliphatic rings. The smallest absolute Gasteiger partial charge is 0.399 e. The van der Waals surface area contributed by atoms with Crippen molar-refractivity contribution < 1.29 is 9.31 Å². The van der Waals surface area contributed by atoms with Crippen LogP contribution >= 0.6 is 0 Å². The molecule has 0 bridgehead atoms. The van der Waals surface area contributed by atoms with Gasteiger partial charge in [0.25, 0.3) is 0 Å². The highest BCUT2D eigenvalue weighted by Crippen LogP contribution is 2.40. The van der Waals surface area contributed by atoms with Crippen LogP contribution in [0.3, 0.4) is 0 Å². The molecule has 5 rings (SSSR count). The van der Waals surface area contributed by atoms with Crippen LogP contribution < -0.4 is 5.46 Å². The highest BCUT2D eigenvalue weighted by atomic mass is 16.7. The second kappa shape index (κ2) is 7.37. The van der Waals surface area contributed by atoms with Crippen molar-refractivity contribution in [3.05, 3.63) is 91.0 Å². The quantitative estimate of drug-likeness (QED) is 0.363. The summed E-state index contributed by atoms with van der Waals surface area (Å²) in [6.45, 7) is 8.41. The lowest BCUT2D eigenvalue weighted by atomic mass is 9.73. The van der Waals surface area contributed by atoms with Crippen LogP contribution in [0.2, 0.25) is 0 Å². The fraction of sp³-hybridized carbons (Fsp3) is 0.214. The lowest BCUT2D eigenvalue weighted by Crippen LogP contribution is -2.41. The zero-order chi connectivity index (χ0) is 21.6. The van der Waals surface area contributed by atoms with E-state index in [1.165, 1.54) is 33.0 Å². The van der Waals surface area contributed by atoms with E-state index < -0.39 is 7.12 Å². The van der Waals surface area contributed by atoms with E-state index in [1.807, 2.05) is 0 Å². The fourth-order valence-corrected chi connectivity index (χ4v) is 4.33. The fourth-order valence-electron chi connectivity index (χ4n) is 4.33. The summed E-state index contributed by atoms with van der Waals surface area (Å²) in [5.41, 5.74) is 5.13. The molecule has 2 nitrogen and oxygen atoms in total. The molecule has 154 valence electrons. The molecule has 0 saturated carbocycles. The largest absolute Gasteiger partial charge is 0.495 e. The molecule has 31 heavy (non-hydrogen) atoms. The van der Waals surface area contributed by atoms with Gasteiger partial charge in [-0.15, -0.1) is 0 Å². The van der Waals surface area contributed by atoms with Crippen LogP contribution in [0.4, 0.5) is 0 Å². The minimum Gasteiger partial charge on any atom is -0.399 e. The van der Waals surface area contributed by atoms with Gasteiger partial charge in [-0.1, -0.05) is 91.0 Å². The molecule has 0 spiro atoms. The van der Waals surface area contributed by atoms with Gasteiger partial charge in [-0.25, -0.2) is 0 Å². The van der Waals surface area contributed by atoms with Gasteiger partial charge in [-0.05, 0) is 66.2 Å². The van der Waals surface area contributed by atoms with Gasteiger partial charge in [0.15, 0.2) is 0 Å². The topological polar surface area (TPSA) is 18.5 Å². The Bertz CT molecular complexity index is 1210. The Balaban J connectivity index is 1.82. The second-order valence-corrected chi connectivity index (χ2v) is 9.25. The Kier molecular flexibility index (Phi) is 4.77. The molecule has 0 amide bonds. The lowest BCUT2D eigenvalue weighted by Gasteiger charge is -2.32. The Hall–Kier alpha value is -2.88. The molecular formula is C28H27BO2. The number of benzene rings is 4. The van der Waals surface area contributed by atoms with E-state index >= 15 is 0 Å². The maximum atomic E-state index is 6.47.